The van der Waals surface area contributed by atoms with E-state index in [4.69, 9.17) is 5.73 Å². The van der Waals surface area contributed by atoms with Gasteiger partial charge in [-0.05, 0) is 44.6 Å². The monoisotopic (exact) mass is 246 g/mol. The second kappa shape index (κ2) is 3.70. The van der Waals surface area contributed by atoms with Crippen molar-refractivity contribution in [3.8, 4) is 0 Å². The predicted molar refractivity (Wildman–Crippen MR) is 71.5 cm³/mol. The van der Waals surface area contributed by atoms with Gasteiger partial charge in [0.05, 0.1) is 17.1 Å². The Balaban J connectivity index is 2.09. The van der Waals surface area contributed by atoms with Crippen LogP contribution in [-0.2, 0) is 0 Å². The third-order valence-electron chi connectivity index (χ3n) is 3.74. The van der Waals surface area contributed by atoms with E-state index in [0.29, 0.717) is 0 Å². The van der Waals surface area contributed by atoms with E-state index in [1.54, 1.807) is 0 Å². The van der Waals surface area contributed by atoms with Gasteiger partial charge in [-0.3, -0.25) is 0 Å². The first-order valence-electron chi connectivity index (χ1n) is 6.17. The fourth-order valence-electron chi connectivity index (χ4n) is 2.78. The van der Waals surface area contributed by atoms with Gasteiger partial charge in [0.15, 0.2) is 0 Å². The van der Waals surface area contributed by atoms with Gasteiger partial charge in [-0.15, -0.1) is 0 Å². The van der Waals surface area contributed by atoms with E-state index in [2.05, 4.69) is 14.9 Å². The zero-order chi connectivity index (χ0) is 12.9. The second-order valence-corrected chi connectivity index (χ2v) is 5.48. The van der Waals surface area contributed by atoms with Crippen LogP contribution >= 0.6 is 0 Å². The zero-order valence-electron chi connectivity index (χ0n) is 10.7. The number of aromatic nitrogens is 2. The number of aromatic amines is 2. The Morgan fingerprint density at radius 2 is 1.94 bits per heavy atom. The molecule has 1 aliphatic carbocycles. The van der Waals surface area contributed by atoms with Crippen molar-refractivity contribution in [1.29, 1.82) is 0 Å². The van der Waals surface area contributed by atoms with Crippen molar-refractivity contribution < 1.29 is 0 Å². The Hall–Kier alpha value is -1.59. The molecule has 4 N–H and O–H groups in total. The molecule has 1 aliphatic rings. The number of benzene rings is 1. The summed E-state index contributed by atoms with van der Waals surface area (Å²) in [4.78, 5) is 19.0. The standard InChI is InChI=1S/C13H18N4O/c1-17(2)11(13(14)5-6-13)8-3-4-9-10(7-8)16-12(18)15-9/h3-4,7,11H,5-6,14H2,1-2H3,(H2,15,16,18). The minimum Gasteiger partial charge on any atom is -0.323 e. The summed E-state index contributed by atoms with van der Waals surface area (Å²) in [6, 6.07) is 6.19. The highest BCUT2D eigenvalue weighted by Crippen LogP contribution is 2.46. The van der Waals surface area contributed by atoms with Crippen molar-refractivity contribution in [3.63, 3.8) is 0 Å². The SMILES string of the molecule is CN(C)C(c1ccc2[nH]c(=O)[nH]c2c1)C1(N)CC1. The first-order chi connectivity index (χ1) is 8.49. The molecule has 2 aromatic rings. The van der Waals surface area contributed by atoms with E-state index in [0.717, 1.165) is 29.4 Å². The Labute approximate surface area is 105 Å². The van der Waals surface area contributed by atoms with Crippen molar-refractivity contribution in [2.45, 2.75) is 24.4 Å². The van der Waals surface area contributed by atoms with E-state index < -0.39 is 0 Å². The van der Waals surface area contributed by atoms with Crippen LogP contribution in [0.2, 0.25) is 0 Å². The lowest BCUT2D eigenvalue weighted by molar-refractivity contribution is 0.246. The largest absolute Gasteiger partial charge is 0.323 e. The quantitative estimate of drug-likeness (QED) is 0.754. The van der Waals surface area contributed by atoms with Crippen LogP contribution in [0.1, 0.15) is 24.4 Å². The van der Waals surface area contributed by atoms with Crippen molar-refractivity contribution >= 4 is 11.0 Å². The molecular formula is C13H18N4O. The maximum Gasteiger partial charge on any atom is 0.323 e. The van der Waals surface area contributed by atoms with Gasteiger partial charge in [0.25, 0.3) is 0 Å². The van der Waals surface area contributed by atoms with Crippen LogP contribution in [0.5, 0.6) is 0 Å². The summed E-state index contributed by atoms with van der Waals surface area (Å²) >= 11 is 0. The summed E-state index contributed by atoms with van der Waals surface area (Å²) in [6.07, 6.45) is 2.11. The molecule has 1 aromatic heterocycles. The Kier molecular flexibility index (Phi) is 2.36. The number of likely N-dealkylation sites (N-methyl/N-ethyl adjacent to an activating group) is 1. The van der Waals surface area contributed by atoms with E-state index in [9.17, 15) is 4.79 Å². The molecule has 0 spiro atoms. The lowest BCUT2D eigenvalue weighted by Gasteiger charge is -2.30. The van der Waals surface area contributed by atoms with Gasteiger partial charge in [0.2, 0.25) is 0 Å². The second-order valence-electron chi connectivity index (χ2n) is 5.48. The van der Waals surface area contributed by atoms with Gasteiger partial charge < -0.3 is 20.6 Å². The average Bonchev–Trinajstić information content (AvgIpc) is 2.89. The number of hydrogen-bond acceptors (Lipinski definition) is 3. The Bertz CT molecular complexity index is 636. The lowest BCUT2D eigenvalue weighted by atomic mass is 9.96. The predicted octanol–water partition coefficient (Wildman–Crippen LogP) is 0.950. The fraction of sp³-hybridized carbons (Fsp3) is 0.462. The number of fused-ring (bicyclic) bond motifs is 1. The maximum atomic E-state index is 11.3. The van der Waals surface area contributed by atoms with E-state index in [1.807, 2.05) is 32.3 Å². The maximum absolute atomic E-state index is 11.3. The highest BCUT2D eigenvalue weighted by atomic mass is 16.1. The van der Waals surface area contributed by atoms with Crippen LogP contribution in [-0.4, -0.2) is 34.5 Å². The minimum absolute atomic E-state index is 0.117. The molecule has 3 rings (SSSR count). The highest BCUT2D eigenvalue weighted by molar-refractivity contribution is 5.75. The molecule has 5 nitrogen and oxygen atoms in total. The van der Waals surface area contributed by atoms with Crippen molar-refractivity contribution in [1.82, 2.24) is 14.9 Å². The first-order valence-corrected chi connectivity index (χ1v) is 6.17. The topological polar surface area (TPSA) is 77.9 Å². The molecule has 1 atom stereocenters. The van der Waals surface area contributed by atoms with Gasteiger partial charge in [-0.2, -0.15) is 0 Å². The molecule has 0 radical (unpaired) electrons. The molecular weight excluding hydrogens is 228 g/mol. The van der Waals surface area contributed by atoms with Crippen LogP contribution in [0.4, 0.5) is 0 Å². The molecule has 18 heavy (non-hydrogen) atoms. The van der Waals surface area contributed by atoms with Gasteiger partial charge in [0.1, 0.15) is 0 Å². The molecule has 5 heteroatoms. The summed E-state index contributed by atoms with van der Waals surface area (Å²) in [5, 5.41) is 0. The molecule has 1 saturated carbocycles. The van der Waals surface area contributed by atoms with Crippen molar-refractivity contribution in [2.75, 3.05) is 14.1 Å². The number of imidazole rings is 1. The van der Waals surface area contributed by atoms with E-state index >= 15 is 0 Å². The van der Waals surface area contributed by atoms with E-state index in [-0.39, 0.29) is 17.3 Å². The van der Waals surface area contributed by atoms with Gasteiger partial charge >= 0.3 is 5.69 Å². The smallest absolute Gasteiger partial charge is 0.323 e. The van der Waals surface area contributed by atoms with Crippen LogP contribution in [0.25, 0.3) is 11.0 Å². The van der Waals surface area contributed by atoms with Crippen molar-refractivity contribution in [3.05, 3.63) is 34.2 Å². The molecule has 0 aliphatic heterocycles. The summed E-state index contributed by atoms with van der Waals surface area (Å²) in [6.45, 7) is 0. The number of nitrogens with one attached hydrogen (secondary N) is 2. The average molecular weight is 246 g/mol. The summed E-state index contributed by atoms with van der Waals surface area (Å²) in [5.41, 5.74) is 8.90. The molecule has 0 bridgehead atoms. The van der Waals surface area contributed by atoms with Crippen LogP contribution in [0.3, 0.4) is 0 Å². The lowest BCUT2D eigenvalue weighted by Crippen LogP contribution is -2.39. The number of hydrogen-bond donors (Lipinski definition) is 3. The summed E-state index contributed by atoms with van der Waals surface area (Å²) in [7, 11) is 4.09. The fourth-order valence-corrected chi connectivity index (χ4v) is 2.78. The Morgan fingerprint density at radius 3 is 2.56 bits per heavy atom. The number of nitrogens with zero attached hydrogens (tertiary/aromatic N) is 1. The molecule has 0 saturated heterocycles. The van der Waals surface area contributed by atoms with Gasteiger partial charge in [-0.1, -0.05) is 6.07 Å². The molecule has 0 amide bonds. The Morgan fingerprint density at radius 1 is 1.28 bits per heavy atom. The third kappa shape index (κ3) is 1.76. The summed E-state index contributed by atoms with van der Waals surface area (Å²) in [5.74, 6) is 0. The molecule has 1 heterocycles. The molecule has 1 unspecified atom stereocenters. The van der Waals surface area contributed by atoms with Crippen LogP contribution in [0, 0.1) is 0 Å². The van der Waals surface area contributed by atoms with Crippen molar-refractivity contribution in [2.24, 2.45) is 5.73 Å². The number of H-pyrrole nitrogens is 2. The molecule has 96 valence electrons. The minimum atomic E-state index is -0.169. The first kappa shape index (κ1) is 11.5. The number of nitrogens with two attached hydrogens (primary N) is 1. The molecule has 1 aromatic carbocycles. The van der Waals surface area contributed by atoms with Gasteiger partial charge in [-0.25, -0.2) is 4.79 Å². The highest BCUT2D eigenvalue weighted by Gasteiger charge is 2.47. The van der Waals surface area contributed by atoms with E-state index in [1.165, 1.54) is 0 Å². The van der Waals surface area contributed by atoms with Gasteiger partial charge in [0, 0.05) is 5.54 Å². The third-order valence-corrected chi connectivity index (χ3v) is 3.74. The normalized spacial score (nSPS) is 19.3. The summed E-state index contributed by atoms with van der Waals surface area (Å²) < 4.78 is 0. The van der Waals surface area contributed by atoms with Crippen LogP contribution < -0.4 is 11.4 Å². The molecule has 1 fully saturated rings. The van der Waals surface area contributed by atoms with Crippen LogP contribution in [0.15, 0.2) is 23.0 Å². The number of rotatable bonds is 3. The zero-order valence-corrected chi connectivity index (χ0v) is 10.7.